The summed E-state index contributed by atoms with van der Waals surface area (Å²) in [6.45, 7) is 5.89. The van der Waals surface area contributed by atoms with Crippen LogP contribution in [0, 0.1) is 13.8 Å². The molecule has 4 rings (SSSR count). The first-order valence-corrected chi connectivity index (χ1v) is 8.68. The van der Waals surface area contributed by atoms with Gasteiger partial charge >= 0.3 is 0 Å². The summed E-state index contributed by atoms with van der Waals surface area (Å²) < 4.78 is 5.33. The second kappa shape index (κ2) is 5.99. The van der Waals surface area contributed by atoms with Crippen LogP contribution >= 0.6 is 0 Å². The number of carbonyl (C=O) groups is 1. The van der Waals surface area contributed by atoms with Crippen LogP contribution in [0.1, 0.15) is 64.6 Å². The van der Waals surface area contributed by atoms with Gasteiger partial charge < -0.3 is 9.84 Å². The smallest absolute Gasteiger partial charge is 0.259 e. The average molecular weight is 335 g/mol. The third-order valence-electron chi connectivity index (χ3n) is 4.88. The second-order valence-electron chi connectivity index (χ2n) is 6.87. The number of hydrogen-bond acceptors (Lipinski definition) is 4. The Morgan fingerprint density at radius 3 is 2.76 bits per heavy atom. The number of hydrogen-bond donors (Lipinski definition) is 1. The fourth-order valence-corrected chi connectivity index (χ4v) is 3.31. The minimum Gasteiger partial charge on any atom is -0.345 e. The van der Waals surface area contributed by atoms with Crippen molar-refractivity contribution in [2.75, 3.05) is 0 Å². The van der Waals surface area contributed by atoms with Crippen LogP contribution < -0.4 is 5.32 Å². The molecule has 3 aromatic rings. The van der Waals surface area contributed by atoms with Crippen molar-refractivity contribution >= 4 is 17.0 Å². The van der Waals surface area contributed by atoms with Crippen LogP contribution in [0.2, 0.25) is 0 Å². The molecule has 25 heavy (non-hydrogen) atoms. The molecule has 2 aromatic heterocycles. The fourth-order valence-electron chi connectivity index (χ4n) is 3.31. The highest BCUT2D eigenvalue weighted by atomic mass is 16.5. The molecule has 1 atom stereocenters. The number of fused-ring (bicyclic) bond motifs is 1. The molecule has 0 aliphatic heterocycles. The molecule has 128 valence electrons. The molecule has 1 aliphatic carbocycles. The maximum atomic E-state index is 13.0. The number of aromatic nitrogens is 2. The van der Waals surface area contributed by atoms with Crippen molar-refractivity contribution in [3.8, 4) is 0 Å². The summed E-state index contributed by atoms with van der Waals surface area (Å²) in [6, 6.07) is 9.92. The summed E-state index contributed by atoms with van der Waals surface area (Å²) in [5, 5.41) is 7.81. The largest absolute Gasteiger partial charge is 0.345 e. The Hall–Kier alpha value is -2.69. The first kappa shape index (κ1) is 15.8. The molecule has 5 nitrogen and oxygen atoms in total. The van der Waals surface area contributed by atoms with Crippen LogP contribution in [-0.4, -0.2) is 16.0 Å². The van der Waals surface area contributed by atoms with Gasteiger partial charge in [-0.3, -0.25) is 4.79 Å². The van der Waals surface area contributed by atoms with Crippen molar-refractivity contribution in [2.24, 2.45) is 0 Å². The van der Waals surface area contributed by atoms with E-state index in [2.05, 4.69) is 28.4 Å². The Morgan fingerprint density at radius 1 is 1.28 bits per heavy atom. The summed E-state index contributed by atoms with van der Waals surface area (Å²) in [6.07, 6.45) is 2.23. The Bertz CT molecular complexity index is 957. The number of nitrogens with one attached hydrogen (secondary N) is 1. The summed E-state index contributed by atoms with van der Waals surface area (Å²) in [5.74, 6) is 0.325. The zero-order chi connectivity index (χ0) is 17.6. The molecule has 2 heterocycles. The third kappa shape index (κ3) is 2.90. The molecule has 0 radical (unpaired) electrons. The predicted molar refractivity (Wildman–Crippen MR) is 95.6 cm³/mol. The number of nitrogens with zero attached hydrogens (tertiary/aromatic N) is 2. The van der Waals surface area contributed by atoms with E-state index in [1.54, 1.807) is 0 Å². The Kier molecular flexibility index (Phi) is 3.79. The summed E-state index contributed by atoms with van der Waals surface area (Å²) in [5.41, 5.74) is 4.96. The van der Waals surface area contributed by atoms with Crippen LogP contribution in [0.5, 0.6) is 0 Å². The average Bonchev–Trinajstić information content (AvgIpc) is 3.38. The Labute approximate surface area is 146 Å². The molecular formula is C20H21N3O2. The number of carbonyl (C=O) groups excluding carboxylic acids is 1. The second-order valence-corrected chi connectivity index (χ2v) is 6.87. The van der Waals surface area contributed by atoms with Crippen molar-refractivity contribution in [3.05, 3.63) is 58.4 Å². The summed E-state index contributed by atoms with van der Waals surface area (Å²) in [7, 11) is 0. The zero-order valence-electron chi connectivity index (χ0n) is 14.7. The van der Waals surface area contributed by atoms with Crippen molar-refractivity contribution in [2.45, 2.75) is 45.6 Å². The Balaban J connectivity index is 1.69. The molecule has 0 spiro atoms. The van der Waals surface area contributed by atoms with E-state index < -0.39 is 0 Å². The number of aryl methyl sites for hydroxylation is 2. The highest BCUT2D eigenvalue weighted by Crippen LogP contribution is 2.40. The van der Waals surface area contributed by atoms with E-state index in [0.717, 1.165) is 29.7 Å². The van der Waals surface area contributed by atoms with Crippen molar-refractivity contribution in [1.82, 2.24) is 15.5 Å². The molecule has 1 saturated carbocycles. The fraction of sp³-hybridized carbons (Fsp3) is 0.350. The van der Waals surface area contributed by atoms with Gasteiger partial charge in [0.05, 0.1) is 22.7 Å². The molecule has 0 bridgehead atoms. The number of benzene rings is 1. The normalized spacial score (nSPS) is 15.3. The topological polar surface area (TPSA) is 68.0 Å². The molecule has 1 fully saturated rings. The minimum atomic E-state index is -0.114. The van der Waals surface area contributed by atoms with Crippen LogP contribution in [0.25, 0.3) is 11.1 Å². The predicted octanol–water partition coefficient (Wildman–Crippen LogP) is 4.21. The molecule has 1 amide bonds. The zero-order valence-corrected chi connectivity index (χ0v) is 14.7. The van der Waals surface area contributed by atoms with Crippen molar-refractivity contribution < 1.29 is 9.32 Å². The molecular weight excluding hydrogens is 314 g/mol. The summed E-state index contributed by atoms with van der Waals surface area (Å²) >= 11 is 0. The molecule has 0 saturated heterocycles. The monoisotopic (exact) mass is 335 g/mol. The van der Waals surface area contributed by atoms with Gasteiger partial charge in [-0.25, -0.2) is 4.98 Å². The van der Waals surface area contributed by atoms with E-state index in [1.165, 1.54) is 0 Å². The maximum absolute atomic E-state index is 13.0. The van der Waals surface area contributed by atoms with Gasteiger partial charge in [0.25, 0.3) is 11.6 Å². The third-order valence-corrected chi connectivity index (χ3v) is 4.88. The van der Waals surface area contributed by atoms with Gasteiger partial charge in [0, 0.05) is 11.6 Å². The van der Waals surface area contributed by atoms with E-state index in [9.17, 15) is 4.79 Å². The van der Waals surface area contributed by atoms with Gasteiger partial charge in [0.1, 0.15) is 0 Å². The first-order chi connectivity index (χ1) is 12.0. The maximum Gasteiger partial charge on any atom is 0.259 e. The SMILES string of the molecule is Cc1ccccc1C(C)NC(=O)c1cc(C2CC2)nc2onc(C)c12. The van der Waals surface area contributed by atoms with Crippen LogP contribution in [0.3, 0.4) is 0 Å². The molecule has 1 aliphatic rings. The number of rotatable bonds is 4. The quantitative estimate of drug-likeness (QED) is 0.775. The van der Waals surface area contributed by atoms with Gasteiger partial charge in [0.2, 0.25) is 0 Å². The lowest BCUT2D eigenvalue weighted by Crippen LogP contribution is -2.27. The lowest BCUT2D eigenvalue weighted by Gasteiger charge is -2.17. The standard InChI is InChI=1S/C20H21N3O2/c1-11-6-4-5-7-15(11)12(2)21-19(24)16-10-17(14-8-9-14)22-20-18(16)13(3)23-25-20/h4-7,10,12,14H,8-9H2,1-3H3,(H,21,24). The van der Waals surface area contributed by atoms with E-state index in [0.29, 0.717) is 28.3 Å². The molecule has 1 N–H and O–H groups in total. The highest BCUT2D eigenvalue weighted by Gasteiger charge is 2.29. The van der Waals surface area contributed by atoms with Gasteiger partial charge in [0.15, 0.2) is 0 Å². The molecule has 1 unspecified atom stereocenters. The lowest BCUT2D eigenvalue weighted by molar-refractivity contribution is 0.0941. The molecule has 1 aromatic carbocycles. The Morgan fingerprint density at radius 2 is 2.04 bits per heavy atom. The lowest BCUT2D eigenvalue weighted by atomic mass is 10.0. The number of pyridine rings is 1. The van der Waals surface area contributed by atoms with E-state index in [4.69, 9.17) is 4.52 Å². The van der Waals surface area contributed by atoms with E-state index in [-0.39, 0.29) is 11.9 Å². The minimum absolute atomic E-state index is 0.0820. The molecule has 5 heteroatoms. The van der Waals surface area contributed by atoms with Crippen LogP contribution in [0.15, 0.2) is 34.9 Å². The summed E-state index contributed by atoms with van der Waals surface area (Å²) in [4.78, 5) is 17.5. The number of amides is 1. The van der Waals surface area contributed by atoms with E-state index >= 15 is 0 Å². The van der Waals surface area contributed by atoms with Gasteiger partial charge in [-0.05, 0) is 50.8 Å². The van der Waals surface area contributed by atoms with Gasteiger partial charge in [-0.15, -0.1) is 0 Å². The first-order valence-electron chi connectivity index (χ1n) is 8.68. The van der Waals surface area contributed by atoms with Crippen molar-refractivity contribution in [1.29, 1.82) is 0 Å². The van der Waals surface area contributed by atoms with Gasteiger partial charge in [-0.1, -0.05) is 29.4 Å². The van der Waals surface area contributed by atoms with Crippen molar-refractivity contribution in [3.63, 3.8) is 0 Å². The van der Waals surface area contributed by atoms with Gasteiger partial charge in [-0.2, -0.15) is 0 Å². The van der Waals surface area contributed by atoms with Crippen LogP contribution in [-0.2, 0) is 0 Å². The highest BCUT2D eigenvalue weighted by molar-refractivity contribution is 6.06. The van der Waals surface area contributed by atoms with Crippen LogP contribution in [0.4, 0.5) is 0 Å². The van der Waals surface area contributed by atoms with E-state index in [1.807, 2.05) is 38.1 Å².